The molecule has 0 aliphatic carbocycles. The zero-order valence-electron chi connectivity index (χ0n) is 13.2. The highest BCUT2D eigenvalue weighted by atomic mass is 19.4. The normalized spacial score (nSPS) is 15.5. The van der Waals surface area contributed by atoms with Gasteiger partial charge in [-0.25, -0.2) is 4.39 Å². The molecule has 0 spiro atoms. The third-order valence-corrected chi connectivity index (χ3v) is 4.05. The Morgan fingerprint density at radius 3 is 2.36 bits per heavy atom. The Balaban J connectivity index is 1.57. The summed E-state index contributed by atoms with van der Waals surface area (Å²) >= 11 is 0. The van der Waals surface area contributed by atoms with Crippen molar-refractivity contribution in [3.05, 3.63) is 48.0 Å². The molecule has 0 saturated carbocycles. The summed E-state index contributed by atoms with van der Waals surface area (Å²) in [5, 5.41) is 3.37. The van der Waals surface area contributed by atoms with Gasteiger partial charge >= 0.3 is 6.18 Å². The lowest BCUT2D eigenvalue weighted by Crippen LogP contribution is -2.49. The van der Waals surface area contributed by atoms with Crippen LogP contribution in [-0.2, 0) is 17.5 Å². The first-order valence-electron chi connectivity index (χ1n) is 7.72. The molecule has 0 bridgehead atoms. The van der Waals surface area contributed by atoms with E-state index in [1.165, 1.54) is 6.07 Å². The first-order valence-corrected chi connectivity index (χ1v) is 7.72. The summed E-state index contributed by atoms with van der Waals surface area (Å²) in [6, 6.07) is 7.24. The molecule has 1 amide bonds. The molecule has 0 atom stereocenters. The van der Waals surface area contributed by atoms with Crippen LogP contribution < -0.4 is 4.90 Å². The van der Waals surface area contributed by atoms with Crippen molar-refractivity contribution in [1.29, 1.82) is 0 Å². The van der Waals surface area contributed by atoms with Crippen molar-refractivity contribution >= 4 is 11.6 Å². The fourth-order valence-electron chi connectivity index (χ4n) is 2.74. The second-order valence-electron chi connectivity index (χ2n) is 5.72. The van der Waals surface area contributed by atoms with Crippen LogP contribution in [0.15, 0.2) is 36.5 Å². The van der Waals surface area contributed by atoms with Crippen molar-refractivity contribution in [3.8, 4) is 0 Å². The van der Waals surface area contributed by atoms with Gasteiger partial charge in [0.2, 0.25) is 5.91 Å². The number of aromatic nitrogens is 2. The van der Waals surface area contributed by atoms with Crippen LogP contribution in [0.5, 0.6) is 0 Å². The summed E-state index contributed by atoms with van der Waals surface area (Å²) in [5.41, 5.74) is -0.541. The number of hydrogen-bond donors (Lipinski definition) is 0. The average molecular weight is 356 g/mol. The highest BCUT2D eigenvalue weighted by molar-refractivity contribution is 5.76. The Labute approximate surface area is 141 Å². The van der Waals surface area contributed by atoms with E-state index < -0.39 is 11.9 Å². The molecule has 1 aromatic heterocycles. The lowest BCUT2D eigenvalue weighted by Gasteiger charge is -2.36. The van der Waals surface area contributed by atoms with E-state index in [0.717, 1.165) is 16.9 Å². The Hall–Kier alpha value is -2.58. The van der Waals surface area contributed by atoms with Crippen LogP contribution in [0.2, 0.25) is 0 Å². The predicted octanol–water partition coefficient (Wildman–Crippen LogP) is 2.39. The molecule has 2 heterocycles. The van der Waals surface area contributed by atoms with Gasteiger partial charge in [0.25, 0.3) is 0 Å². The predicted molar refractivity (Wildman–Crippen MR) is 82.4 cm³/mol. The minimum Gasteiger partial charge on any atom is -0.366 e. The van der Waals surface area contributed by atoms with Crippen LogP contribution in [0.1, 0.15) is 5.69 Å². The topological polar surface area (TPSA) is 41.4 Å². The van der Waals surface area contributed by atoms with E-state index in [0.29, 0.717) is 31.9 Å². The molecule has 5 nitrogen and oxygen atoms in total. The molecule has 1 aromatic carbocycles. The van der Waals surface area contributed by atoms with E-state index in [2.05, 4.69) is 5.10 Å². The van der Waals surface area contributed by atoms with Crippen LogP contribution in [0.4, 0.5) is 23.2 Å². The van der Waals surface area contributed by atoms with E-state index in [-0.39, 0.29) is 18.3 Å². The van der Waals surface area contributed by atoms with E-state index >= 15 is 0 Å². The number of para-hydroxylation sites is 1. The SMILES string of the molecule is O=C(Cn1ccc(C(F)(F)F)n1)N1CCN(c2ccccc2F)CC1. The number of benzene rings is 1. The van der Waals surface area contributed by atoms with Gasteiger partial charge in [-0.2, -0.15) is 18.3 Å². The van der Waals surface area contributed by atoms with Crippen molar-refractivity contribution in [1.82, 2.24) is 14.7 Å². The van der Waals surface area contributed by atoms with Crippen LogP contribution >= 0.6 is 0 Å². The summed E-state index contributed by atoms with van der Waals surface area (Å²) < 4.78 is 52.3. The largest absolute Gasteiger partial charge is 0.435 e. The third-order valence-electron chi connectivity index (χ3n) is 4.05. The maximum atomic E-state index is 13.8. The lowest BCUT2D eigenvalue weighted by molar-refractivity contribution is -0.142. The molecule has 9 heteroatoms. The number of carbonyl (C=O) groups is 1. The van der Waals surface area contributed by atoms with Gasteiger partial charge in [-0.1, -0.05) is 12.1 Å². The summed E-state index contributed by atoms with van der Waals surface area (Å²) in [4.78, 5) is 15.6. The summed E-state index contributed by atoms with van der Waals surface area (Å²) in [5.74, 6) is -0.636. The van der Waals surface area contributed by atoms with Gasteiger partial charge in [0.05, 0.1) is 5.69 Å². The first kappa shape index (κ1) is 17.2. The maximum Gasteiger partial charge on any atom is 0.435 e. The van der Waals surface area contributed by atoms with Crippen molar-refractivity contribution in [2.24, 2.45) is 0 Å². The second kappa shape index (κ2) is 6.73. The molecule has 25 heavy (non-hydrogen) atoms. The van der Waals surface area contributed by atoms with Gasteiger partial charge in [0.15, 0.2) is 5.69 Å². The second-order valence-corrected chi connectivity index (χ2v) is 5.72. The molecule has 134 valence electrons. The lowest BCUT2D eigenvalue weighted by atomic mass is 10.2. The number of amides is 1. The molecule has 0 radical (unpaired) electrons. The molecule has 2 aromatic rings. The Morgan fingerprint density at radius 1 is 1.08 bits per heavy atom. The minimum absolute atomic E-state index is 0.254. The summed E-state index contributed by atoms with van der Waals surface area (Å²) in [6.45, 7) is 1.41. The molecular formula is C16H16F4N4O. The van der Waals surface area contributed by atoms with Crippen LogP contribution in [0, 0.1) is 5.82 Å². The maximum absolute atomic E-state index is 13.8. The molecule has 3 rings (SSSR count). The molecule has 1 saturated heterocycles. The third kappa shape index (κ3) is 3.92. The van der Waals surface area contributed by atoms with Crippen molar-refractivity contribution in [2.75, 3.05) is 31.1 Å². The molecular weight excluding hydrogens is 340 g/mol. The molecule has 1 aliphatic rings. The zero-order valence-corrected chi connectivity index (χ0v) is 13.2. The number of alkyl halides is 3. The highest BCUT2D eigenvalue weighted by Gasteiger charge is 2.33. The first-order chi connectivity index (χ1) is 11.8. The van der Waals surface area contributed by atoms with Crippen molar-refractivity contribution in [2.45, 2.75) is 12.7 Å². The van der Waals surface area contributed by atoms with Gasteiger partial charge in [-0.15, -0.1) is 0 Å². The number of halogens is 4. The van der Waals surface area contributed by atoms with E-state index in [1.54, 1.807) is 23.1 Å². The molecule has 0 unspecified atom stereocenters. The van der Waals surface area contributed by atoms with E-state index in [9.17, 15) is 22.4 Å². The van der Waals surface area contributed by atoms with Crippen LogP contribution in [0.25, 0.3) is 0 Å². The van der Waals surface area contributed by atoms with E-state index in [4.69, 9.17) is 0 Å². The van der Waals surface area contributed by atoms with E-state index in [1.807, 2.05) is 4.90 Å². The highest BCUT2D eigenvalue weighted by Crippen LogP contribution is 2.27. The fraction of sp³-hybridized carbons (Fsp3) is 0.375. The minimum atomic E-state index is -4.53. The molecule has 1 aliphatic heterocycles. The average Bonchev–Trinajstić information content (AvgIpc) is 3.04. The van der Waals surface area contributed by atoms with Crippen LogP contribution in [0.3, 0.4) is 0 Å². The number of carbonyl (C=O) groups excluding carboxylic acids is 1. The number of piperazine rings is 1. The number of hydrogen-bond acceptors (Lipinski definition) is 3. The number of anilines is 1. The quantitative estimate of drug-likeness (QED) is 0.793. The number of nitrogens with zero attached hydrogens (tertiary/aromatic N) is 4. The Morgan fingerprint density at radius 2 is 1.76 bits per heavy atom. The van der Waals surface area contributed by atoms with Gasteiger partial charge in [0, 0.05) is 32.4 Å². The summed E-state index contributed by atoms with van der Waals surface area (Å²) in [6.07, 6.45) is -3.39. The molecule has 0 N–H and O–H groups in total. The van der Waals surface area contributed by atoms with Gasteiger partial charge in [-0.05, 0) is 18.2 Å². The standard InChI is InChI=1S/C16H16F4N4O/c17-12-3-1-2-4-13(12)22-7-9-23(10-8-22)15(25)11-24-6-5-14(21-24)16(18,19)20/h1-6H,7-11H2. The Bertz CT molecular complexity index is 751. The van der Waals surface area contributed by atoms with Gasteiger partial charge in [0.1, 0.15) is 12.4 Å². The number of rotatable bonds is 3. The van der Waals surface area contributed by atoms with Gasteiger partial charge in [-0.3, -0.25) is 9.48 Å². The van der Waals surface area contributed by atoms with Crippen molar-refractivity contribution in [3.63, 3.8) is 0 Å². The monoisotopic (exact) mass is 356 g/mol. The van der Waals surface area contributed by atoms with Gasteiger partial charge < -0.3 is 9.80 Å². The smallest absolute Gasteiger partial charge is 0.366 e. The van der Waals surface area contributed by atoms with Crippen molar-refractivity contribution < 1.29 is 22.4 Å². The fourth-order valence-corrected chi connectivity index (χ4v) is 2.74. The van der Waals surface area contributed by atoms with Crippen LogP contribution in [-0.4, -0.2) is 46.8 Å². The zero-order chi connectivity index (χ0) is 18.0. The Kier molecular flexibility index (Phi) is 4.65. The molecule has 1 fully saturated rings. The summed E-state index contributed by atoms with van der Waals surface area (Å²) in [7, 11) is 0.